The van der Waals surface area contributed by atoms with Gasteiger partial charge in [0.2, 0.25) is 5.91 Å². The molecule has 1 aliphatic rings. The quantitative estimate of drug-likeness (QED) is 0.761. The first-order valence-corrected chi connectivity index (χ1v) is 9.32. The highest BCUT2D eigenvalue weighted by atomic mass is 32.2. The Bertz CT molecular complexity index is 743. The minimum Gasteiger partial charge on any atom is -0.339 e. The molecule has 0 aliphatic carbocycles. The maximum absolute atomic E-state index is 13.5. The second-order valence-electron chi connectivity index (χ2n) is 6.05. The number of benzene rings is 1. The number of likely N-dealkylation sites (N-methyl/N-ethyl adjacent to an activating group) is 1. The molecule has 1 fully saturated rings. The van der Waals surface area contributed by atoms with Gasteiger partial charge in [0.15, 0.2) is 5.16 Å². The molecule has 0 bridgehead atoms. The average molecular weight is 368 g/mol. The molecule has 1 aliphatic heterocycles. The highest BCUT2D eigenvalue weighted by Crippen LogP contribution is 2.32. The normalized spacial score (nSPS) is 17.4. The van der Waals surface area contributed by atoms with Gasteiger partial charge in [0.25, 0.3) is 0 Å². The van der Waals surface area contributed by atoms with E-state index < -0.39 is 11.8 Å². The first-order chi connectivity index (χ1) is 12.0. The number of amides is 1. The average Bonchev–Trinajstić information content (AvgIpc) is 2.99. The molecule has 0 spiro atoms. The molecule has 1 aromatic carbocycles. The summed E-state index contributed by atoms with van der Waals surface area (Å²) in [6, 6.07) is 6.80. The van der Waals surface area contributed by atoms with E-state index in [0.29, 0.717) is 24.1 Å². The van der Waals surface area contributed by atoms with Gasteiger partial charge in [0, 0.05) is 26.2 Å². The number of nitrogens with zero attached hydrogens (tertiary/aromatic N) is 4. The van der Waals surface area contributed by atoms with Crippen molar-refractivity contribution >= 4 is 28.7 Å². The molecule has 2 heterocycles. The largest absolute Gasteiger partial charge is 0.339 e. The summed E-state index contributed by atoms with van der Waals surface area (Å²) in [5, 5.41) is -0.272. The number of imidazole rings is 1. The summed E-state index contributed by atoms with van der Waals surface area (Å²) in [5.74, 6) is -0.0198. The lowest BCUT2D eigenvalue weighted by Gasteiger charge is -2.35. The summed E-state index contributed by atoms with van der Waals surface area (Å²) in [5.41, 5.74) is 0.901. The number of hydrogen-bond acceptors (Lipinski definition) is 4. The van der Waals surface area contributed by atoms with Gasteiger partial charge >= 0.3 is 6.55 Å². The molecule has 2 aromatic rings. The van der Waals surface area contributed by atoms with Crippen LogP contribution in [0.1, 0.15) is 20.4 Å². The second-order valence-corrected chi connectivity index (χ2v) is 7.36. The van der Waals surface area contributed by atoms with Crippen molar-refractivity contribution in [3.05, 3.63) is 24.3 Å². The van der Waals surface area contributed by atoms with Gasteiger partial charge in [-0.05, 0) is 25.6 Å². The minimum absolute atomic E-state index is 0.0198. The number of hydrogen-bond donors (Lipinski definition) is 0. The molecule has 1 aromatic heterocycles. The van der Waals surface area contributed by atoms with E-state index in [1.54, 1.807) is 31.2 Å². The summed E-state index contributed by atoms with van der Waals surface area (Å²) in [4.78, 5) is 21.1. The molecule has 1 atom stereocenters. The van der Waals surface area contributed by atoms with E-state index in [-0.39, 0.29) is 11.1 Å². The lowest BCUT2D eigenvalue weighted by Crippen LogP contribution is -2.50. The Labute approximate surface area is 150 Å². The molecule has 8 heteroatoms. The van der Waals surface area contributed by atoms with Gasteiger partial charge < -0.3 is 9.80 Å². The molecule has 1 unspecified atom stereocenters. The SMILES string of the molecule is CCN1CCN(C(=O)C(C)Sc2nc3ccccc3n2C(F)F)CC1. The summed E-state index contributed by atoms with van der Waals surface area (Å²) in [6.45, 7) is 5.23. The Morgan fingerprint density at radius 1 is 1.24 bits per heavy atom. The fraction of sp³-hybridized carbons (Fsp3) is 0.529. The van der Waals surface area contributed by atoms with E-state index in [4.69, 9.17) is 0 Å². The van der Waals surface area contributed by atoms with E-state index in [0.717, 1.165) is 36.0 Å². The Morgan fingerprint density at radius 3 is 2.56 bits per heavy atom. The number of para-hydroxylation sites is 2. The molecular formula is C17H22F2N4OS. The van der Waals surface area contributed by atoms with Crippen LogP contribution in [0, 0.1) is 0 Å². The van der Waals surface area contributed by atoms with E-state index in [2.05, 4.69) is 16.8 Å². The highest BCUT2D eigenvalue weighted by molar-refractivity contribution is 8.00. The van der Waals surface area contributed by atoms with Crippen molar-refractivity contribution in [1.29, 1.82) is 0 Å². The second kappa shape index (κ2) is 7.70. The number of fused-ring (bicyclic) bond motifs is 1. The van der Waals surface area contributed by atoms with Crippen LogP contribution in [-0.4, -0.2) is 63.2 Å². The fourth-order valence-corrected chi connectivity index (χ4v) is 4.05. The van der Waals surface area contributed by atoms with Gasteiger partial charge in [-0.15, -0.1) is 0 Å². The third kappa shape index (κ3) is 3.79. The molecule has 0 saturated carbocycles. The smallest absolute Gasteiger partial charge is 0.321 e. The maximum Gasteiger partial charge on any atom is 0.321 e. The van der Waals surface area contributed by atoms with Gasteiger partial charge in [-0.1, -0.05) is 30.8 Å². The van der Waals surface area contributed by atoms with Crippen LogP contribution in [0.5, 0.6) is 0 Å². The van der Waals surface area contributed by atoms with Crippen molar-refractivity contribution in [2.75, 3.05) is 32.7 Å². The molecule has 3 rings (SSSR count). The number of piperazine rings is 1. The van der Waals surface area contributed by atoms with Gasteiger partial charge in [0.05, 0.1) is 16.3 Å². The molecule has 0 radical (unpaired) electrons. The summed E-state index contributed by atoms with van der Waals surface area (Å²) >= 11 is 1.10. The van der Waals surface area contributed by atoms with E-state index >= 15 is 0 Å². The fourth-order valence-electron chi connectivity index (χ4n) is 3.04. The van der Waals surface area contributed by atoms with Crippen LogP contribution in [0.3, 0.4) is 0 Å². The highest BCUT2D eigenvalue weighted by Gasteiger charge is 2.27. The van der Waals surface area contributed by atoms with Gasteiger partial charge in [-0.2, -0.15) is 8.78 Å². The van der Waals surface area contributed by atoms with Crippen molar-refractivity contribution in [3.63, 3.8) is 0 Å². The minimum atomic E-state index is -2.69. The van der Waals surface area contributed by atoms with E-state index in [9.17, 15) is 13.6 Å². The topological polar surface area (TPSA) is 41.4 Å². The third-order valence-corrected chi connectivity index (χ3v) is 5.57. The first-order valence-electron chi connectivity index (χ1n) is 8.44. The number of carbonyl (C=O) groups excluding carboxylic acids is 1. The lowest BCUT2D eigenvalue weighted by atomic mass is 10.3. The lowest BCUT2D eigenvalue weighted by molar-refractivity contribution is -0.132. The van der Waals surface area contributed by atoms with Crippen LogP contribution in [0.15, 0.2) is 29.4 Å². The number of thioether (sulfide) groups is 1. The predicted molar refractivity (Wildman–Crippen MR) is 95.0 cm³/mol. The van der Waals surface area contributed by atoms with Crippen LogP contribution in [0.2, 0.25) is 0 Å². The number of alkyl halides is 2. The van der Waals surface area contributed by atoms with Crippen molar-refractivity contribution in [2.24, 2.45) is 0 Å². The molecule has 136 valence electrons. The third-order valence-electron chi connectivity index (χ3n) is 4.52. The van der Waals surface area contributed by atoms with E-state index in [1.807, 2.05) is 4.90 Å². The van der Waals surface area contributed by atoms with Crippen molar-refractivity contribution in [2.45, 2.75) is 30.8 Å². The monoisotopic (exact) mass is 368 g/mol. The Balaban J connectivity index is 1.74. The van der Waals surface area contributed by atoms with Gasteiger partial charge in [-0.25, -0.2) is 4.98 Å². The molecule has 1 saturated heterocycles. The van der Waals surface area contributed by atoms with Gasteiger partial charge in [0.1, 0.15) is 0 Å². The zero-order valence-electron chi connectivity index (χ0n) is 14.4. The van der Waals surface area contributed by atoms with Crippen molar-refractivity contribution in [3.8, 4) is 0 Å². The molecule has 25 heavy (non-hydrogen) atoms. The number of halogens is 2. The molecule has 5 nitrogen and oxygen atoms in total. The van der Waals surface area contributed by atoms with Crippen LogP contribution in [0.4, 0.5) is 8.78 Å². The first kappa shape index (κ1) is 18.1. The molecule has 0 N–H and O–H groups in total. The van der Waals surface area contributed by atoms with Crippen molar-refractivity contribution in [1.82, 2.24) is 19.4 Å². The summed E-state index contributed by atoms with van der Waals surface area (Å²) < 4.78 is 27.9. The molecular weight excluding hydrogens is 346 g/mol. The van der Waals surface area contributed by atoms with Gasteiger partial charge in [-0.3, -0.25) is 9.36 Å². The van der Waals surface area contributed by atoms with Crippen LogP contribution >= 0.6 is 11.8 Å². The summed E-state index contributed by atoms with van der Waals surface area (Å²) in [7, 11) is 0. The van der Waals surface area contributed by atoms with E-state index in [1.165, 1.54) is 0 Å². The Hall–Kier alpha value is -1.67. The van der Waals surface area contributed by atoms with Crippen LogP contribution < -0.4 is 0 Å². The standard InChI is InChI=1S/C17H22F2N4OS/c1-3-21-8-10-22(11-9-21)15(24)12(2)25-17-20-13-6-4-5-7-14(13)23(17)16(18)19/h4-7,12,16H,3,8-11H2,1-2H3. The molecule has 1 amide bonds. The zero-order chi connectivity index (χ0) is 18.0. The van der Waals surface area contributed by atoms with Crippen LogP contribution in [-0.2, 0) is 4.79 Å². The number of rotatable bonds is 5. The maximum atomic E-state index is 13.5. The zero-order valence-corrected chi connectivity index (χ0v) is 15.2. The van der Waals surface area contributed by atoms with Crippen LogP contribution in [0.25, 0.3) is 11.0 Å². The number of carbonyl (C=O) groups is 1. The Morgan fingerprint density at radius 2 is 1.92 bits per heavy atom. The summed E-state index contributed by atoms with van der Waals surface area (Å²) in [6.07, 6.45) is 0. The Kier molecular flexibility index (Phi) is 5.58. The predicted octanol–water partition coefficient (Wildman–Crippen LogP) is 3.08. The van der Waals surface area contributed by atoms with Crippen molar-refractivity contribution < 1.29 is 13.6 Å². The number of aromatic nitrogens is 2.